The topological polar surface area (TPSA) is 65.9 Å². The molecule has 0 aromatic heterocycles. The van der Waals surface area contributed by atoms with E-state index in [4.69, 9.17) is 11.6 Å². The normalized spacial score (nSPS) is 16.0. The molecule has 1 saturated carbocycles. The van der Waals surface area contributed by atoms with E-state index in [0.29, 0.717) is 29.6 Å². The average molecular weight is 490 g/mol. The molecule has 3 N–H and O–H groups in total. The highest BCUT2D eigenvalue weighted by Gasteiger charge is 2.34. The summed E-state index contributed by atoms with van der Waals surface area (Å²) in [7, 11) is 0. The summed E-state index contributed by atoms with van der Waals surface area (Å²) in [5, 5.41) is 16.7. The van der Waals surface area contributed by atoms with Crippen LogP contribution < -0.4 is 15.4 Å². The van der Waals surface area contributed by atoms with Crippen LogP contribution in [0.4, 0.5) is 8.78 Å². The number of halogens is 4. The minimum atomic E-state index is -2.91. The molecule has 0 bridgehead atoms. The SMILES string of the molecule is CCNC(=NCc1cc(Cl)ccc1OC(F)F)NCC1(O)CCC1.I. The largest absolute Gasteiger partial charge is 0.434 e. The number of aliphatic imine (C=N–C) groups is 1. The van der Waals surface area contributed by atoms with E-state index in [1.165, 1.54) is 12.1 Å². The van der Waals surface area contributed by atoms with Gasteiger partial charge in [-0.15, -0.1) is 24.0 Å². The second-order valence-electron chi connectivity index (χ2n) is 5.76. The molecule has 0 amide bonds. The third-order valence-electron chi connectivity index (χ3n) is 3.86. The lowest BCUT2D eigenvalue weighted by atomic mass is 9.80. The van der Waals surface area contributed by atoms with E-state index in [1.54, 1.807) is 6.07 Å². The Balaban J connectivity index is 0.00000312. The number of nitrogens with zero attached hydrogens (tertiary/aromatic N) is 1. The van der Waals surface area contributed by atoms with Crippen LogP contribution in [0.15, 0.2) is 23.2 Å². The Morgan fingerprint density at radius 1 is 1.40 bits per heavy atom. The van der Waals surface area contributed by atoms with Gasteiger partial charge in [-0.05, 0) is 44.4 Å². The Hall–Kier alpha value is -0.870. The van der Waals surface area contributed by atoms with Crippen molar-refractivity contribution in [3.05, 3.63) is 28.8 Å². The van der Waals surface area contributed by atoms with Crippen LogP contribution in [0.5, 0.6) is 5.75 Å². The lowest BCUT2D eigenvalue weighted by molar-refractivity contribution is -0.0504. The van der Waals surface area contributed by atoms with Gasteiger partial charge in [0.25, 0.3) is 0 Å². The first-order chi connectivity index (χ1) is 11.4. The smallest absolute Gasteiger partial charge is 0.387 e. The predicted molar refractivity (Wildman–Crippen MR) is 105 cm³/mol. The van der Waals surface area contributed by atoms with Crippen LogP contribution in [-0.4, -0.2) is 36.4 Å². The Morgan fingerprint density at radius 2 is 2.12 bits per heavy atom. The van der Waals surface area contributed by atoms with Gasteiger partial charge in [-0.3, -0.25) is 0 Å². The maximum absolute atomic E-state index is 12.5. The molecule has 1 fully saturated rings. The van der Waals surface area contributed by atoms with Gasteiger partial charge < -0.3 is 20.5 Å². The van der Waals surface area contributed by atoms with Gasteiger partial charge in [-0.1, -0.05) is 11.6 Å². The van der Waals surface area contributed by atoms with Crippen molar-refractivity contribution in [3.63, 3.8) is 0 Å². The molecule has 0 spiro atoms. The molecule has 0 heterocycles. The average Bonchev–Trinajstić information content (AvgIpc) is 2.50. The molecular weight excluding hydrogens is 467 g/mol. The molecule has 0 radical (unpaired) electrons. The number of hydrogen-bond acceptors (Lipinski definition) is 3. The Morgan fingerprint density at radius 3 is 2.68 bits per heavy atom. The first-order valence-electron chi connectivity index (χ1n) is 7.90. The summed E-state index contributed by atoms with van der Waals surface area (Å²) in [6.07, 6.45) is 2.54. The molecule has 0 saturated heterocycles. The van der Waals surface area contributed by atoms with E-state index in [1.807, 2.05) is 6.92 Å². The van der Waals surface area contributed by atoms with Gasteiger partial charge in [-0.2, -0.15) is 8.78 Å². The lowest BCUT2D eigenvalue weighted by Crippen LogP contribution is -2.50. The van der Waals surface area contributed by atoms with Gasteiger partial charge in [0, 0.05) is 23.7 Å². The third kappa shape index (κ3) is 7.10. The van der Waals surface area contributed by atoms with Crippen molar-refractivity contribution < 1.29 is 18.6 Å². The molecule has 142 valence electrons. The summed E-state index contributed by atoms with van der Waals surface area (Å²) in [4.78, 5) is 4.35. The molecule has 25 heavy (non-hydrogen) atoms. The number of alkyl halides is 2. The Bertz CT molecular complexity index is 586. The first-order valence-corrected chi connectivity index (χ1v) is 8.27. The summed E-state index contributed by atoms with van der Waals surface area (Å²) in [5.74, 6) is 0.549. The molecule has 0 atom stereocenters. The third-order valence-corrected chi connectivity index (χ3v) is 4.09. The second kappa shape index (κ2) is 10.3. The van der Waals surface area contributed by atoms with Gasteiger partial charge in [0.1, 0.15) is 5.75 Å². The van der Waals surface area contributed by atoms with Crippen LogP contribution in [0.1, 0.15) is 31.7 Å². The summed E-state index contributed by atoms with van der Waals surface area (Å²) in [5.41, 5.74) is -0.224. The molecular formula is C16H23ClF2IN3O2. The predicted octanol–water partition coefficient (Wildman–Crippen LogP) is 3.53. The van der Waals surface area contributed by atoms with Crippen LogP contribution in [-0.2, 0) is 6.54 Å². The number of benzene rings is 1. The van der Waals surface area contributed by atoms with Gasteiger partial charge in [0.05, 0.1) is 12.1 Å². The number of ether oxygens (including phenoxy) is 1. The molecule has 2 rings (SSSR count). The van der Waals surface area contributed by atoms with Crippen LogP contribution in [0.25, 0.3) is 0 Å². The minimum absolute atomic E-state index is 0. The summed E-state index contributed by atoms with van der Waals surface area (Å²) in [6, 6.07) is 4.44. The van der Waals surface area contributed by atoms with E-state index >= 15 is 0 Å². The van der Waals surface area contributed by atoms with E-state index in [-0.39, 0.29) is 36.3 Å². The molecule has 0 aliphatic heterocycles. The van der Waals surface area contributed by atoms with Gasteiger partial charge in [0.15, 0.2) is 5.96 Å². The molecule has 0 unspecified atom stereocenters. The maximum atomic E-state index is 12.5. The summed E-state index contributed by atoms with van der Waals surface area (Å²) < 4.78 is 29.4. The highest BCUT2D eigenvalue weighted by atomic mass is 127. The quantitative estimate of drug-likeness (QED) is 0.311. The Labute approximate surface area is 168 Å². The molecule has 1 aliphatic carbocycles. The summed E-state index contributed by atoms with van der Waals surface area (Å²) in [6.45, 7) is 0.166. The maximum Gasteiger partial charge on any atom is 0.387 e. The number of guanidine groups is 1. The highest BCUT2D eigenvalue weighted by molar-refractivity contribution is 14.0. The van der Waals surface area contributed by atoms with Gasteiger partial charge in [-0.25, -0.2) is 4.99 Å². The van der Waals surface area contributed by atoms with Gasteiger partial charge >= 0.3 is 6.61 Å². The fourth-order valence-electron chi connectivity index (χ4n) is 2.40. The molecule has 9 heteroatoms. The summed E-state index contributed by atoms with van der Waals surface area (Å²) >= 11 is 5.92. The van der Waals surface area contributed by atoms with Crippen molar-refractivity contribution in [2.45, 2.75) is 44.9 Å². The van der Waals surface area contributed by atoms with Crippen molar-refractivity contribution in [1.82, 2.24) is 10.6 Å². The fourth-order valence-corrected chi connectivity index (χ4v) is 2.59. The second-order valence-corrected chi connectivity index (χ2v) is 6.19. The Kier molecular flexibility index (Phi) is 9.15. The van der Waals surface area contributed by atoms with E-state index in [9.17, 15) is 13.9 Å². The molecule has 1 aromatic rings. The molecule has 5 nitrogen and oxygen atoms in total. The van der Waals surface area contributed by atoms with Crippen molar-refractivity contribution in [2.75, 3.05) is 13.1 Å². The zero-order chi connectivity index (χ0) is 17.6. The minimum Gasteiger partial charge on any atom is -0.434 e. The van der Waals surface area contributed by atoms with E-state index in [0.717, 1.165) is 19.3 Å². The molecule has 1 aliphatic rings. The number of aliphatic hydroxyl groups is 1. The van der Waals surface area contributed by atoms with Crippen LogP contribution >= 0.6 is 35.6 Å². The number of rotatable bonds is 7. The highest BCUT2D eigenvalue weighted by Crippen LogP contribution is 2.30. The number of hydrogen-bond donors (Lipinski definition) is 3. The zero-order valence-electron chi connectivity index (χ0n) is 13.9. The first kappa shape index (κ1) is 22.2. The van der Waals surface area contributed by atoms with Crippen LogP contribution in [0, 0.1) is 0 Å². The van der Waals surface area contributed by atoms with E-state index in [2.05, 4.69) is 20.4 Å². The zero-order valence-corrected chi connectivity index (χ0v) is 17.0. The van der Waals surface area contributed by atoms with Crippen LogP contribution in [0.3, 0.4) is 0 Å². The lowest BCUT2D eigenvalue weighted by Gasteiger charge is -2.37. The fraction of sp³-hybridized carbons (Fsp3) is 0.562. The van der Waals surface area contributed by atoms with Crippen molar-refractivity contribution in [2.24, 2.45) is 4.99 Å². The van der Waals surface area contributed by atoms with Crippen molar-refractivity contribution in [3.8, 4) is 5.75 Å². The van der Waals surface area contributed by atoms with Crippen LogP contribution in [0.2, 0.25) is 5.02 Å². The monoisotopic (exact) mass is 489 g/mol. The van der Waals surface area contributed by atoms with Gasteiger partial charge in [0.2, 0.25) is 0 Å². The molecule has 1 aromatic carbocycles. The van der Waals surface area contributed by atoms with E-state index < -0.39 is 12.2 Å². The van der Waals surface area contributed by atoms with Crippen molar-refractivity contribution >= 4 is 41.5 Å². The standard InChI is InChI=1S/C16H22ClF2N3O2.HI/c1-2-20-15(22-10-16(23)6-3-7-16)21-9-11-8-12(17)4-5-13(11)24-14(18)19;/h4-5,8,14,23H,2-3,6-7,9-10H2,1H3,(H2,20,21,22);1H. The number of nitrogens with one attached hydrogen (secondary N) is 2. The van der Waals surface area contributed by atoms with Crippen molar-refractivity contribution in [1.29, 1.82) is 0 Å².